The number of thioether (sulfide) groups is 1. The van der Waals surface area contributed by atoms with Crippen LogP contribution in [0.3, 0.4) is 0 Å². The van der Waals surface area contributed by atoms with Crippen molar-refractivity contribution in [1.82, 2.24) is 14.9 Å². The summed E-state index contributed by atoms with van der Waals surface area (Å²) in [5.41, 5.74) is 14.8. The SMILES string of the molecule is C=C(CC(=[N-])SC(N)=Nc1ccc2ncc(C(C=NCCCN3CCCC3)=CN)cc2n1)OCC. The second kappa shape index (κ2) is 13.6. The molecule has 0 radical (unpaired) electrons. The third-order valence-electron chi connectivity index (χ3n) is 5.37. The van der Waals surface area contributed by atoms with Crippen molar-refractivity contribution in [2.45, 2.75) is 32.6 Å². The van der Waals surface area contributed by atoms with Crippen molar-refractivity contribution >= 4 is 50.6 Å². The van der Waals surface area contributed by atoms with Crippen molar-refractivity contribution in [1.29, 1.82) is 0 Å². The molecule has 0 unspecified atom stereocenters. The second-order valence-corrected chi connectivity index (χ2v) is 9.18. The second-order valence-electron chi connectivity index (χ2n) is 8.09. The zero-order chi connectivity index (χ0) is 25.0. The number of aromatic nitrogens is 2. The molecule has 3 heterocycles. The van der Waals surface area contributed by atoms with E-state index in [9.17, 15) is 5.41 Å². The molecule has 1 fully saturated rings. The van der Waals surface area contributed by atoms with Crippen molar-refractivity contribution in [3.8, 4) is 0 Å². The molecule has 0 aliphatic carbocycles. The Morgan fingerprint density at radius 3 is 2.86 bits per heavy atom. The number of amidine groups is 1. The molecule has 1 saturated heterocycles. The van der Waals surface area contributed by atoms with E-state index < -0.39 is 0 Å². The lowest BCUT2D eigenvalue weighted by molar-refractivity contribution is 0.228. The molecule has 1 aliphatic rings. The minimum absolute atomic E-state index is 0.0480. The number of aliphatic imine (C=N–C) groups is 2. The molecule has 10 heteroatoms. The zero-order valence-corrected chi connectivity index (χ0v) is 21.0. The molecule has 35 heavy (non-hydrogen) atoms. The van der Waals surface area contributed by atoms with Crippen LogP contribution in [0.5, 0.6) is 0 Å². The maximum Gasteiger partial charge on any atom is 0.163 e. The Bertz CT molecular complexity index is 1120. The molecule has 0 bridgehead atoms. The number of rotatable bonds is 11. The van der Waals surface area contributed by atoms with Crippen LogP contribution >= 0.6 is 11.8 Å². The van der Waals surface area contributed by atoms with Crippen LogP contribution in [0.25, 0.3) is 22.0 Å². The quantitative estimate of drug-likeness (QED) is 0.208. The predicted molar refractivity (Wildman–Crippen MR) is 148 cm³/mol. The molecule has 0 atom stereocenters. The largest absolute Gasteiger partial charge is 0.801 e. The number of hydrogen-bond acceptors (Lipinski definition) is 8. The molecular weight excluding hydrogens is 460 g/mol. The first kappa shape index (κ1) is 26.4. The summed E-state index contributed by atoms with van der Waals surface area (Å²) in [4.78, 5) is 20.4. The third kappa shape index (κ3) is 8.48. The minimum atomic E-state index is 0.0480. The monoisotopic (exact) mass is 493 g/mol. The van der Waals surface area contributed by atoms with E-state index in [1.165, 1.54) is 32.1 Å². The molecule has 9 nitrogen and oxygen atoms in total. The summed E-state index contributed by atoms with van der Waals surface area (Å²) in [5, 5.41) is 10.3. The Morgan fingerprint density at radius 2 is 2.11 bits per heavy atom. The van der Waals surface area contributed by atoms with Gasteiger partial charge in [-0.3, -0.25) is 9.98 Å². The summed E-state index contributed by atoms with van der Waals surface area (Å²) in [5.74, 6) is 0.873. The van der Waals surface area contributed by atoms with Gasteiger partial charge in [0.1, 0.15) is 0 Å². The maximum atomic E-state index is 10.1. The van der Waals surface area contributed by atoms with Gasteiger partial charge in [0.25, 0.3) is 0 Å². The zero-order valence-electron chi connectivity index (χ0n) is 20.2. The highest BCUT2D eigenvalue weighted by Gasteiger charge is 2.10. The molecule has 2 aromatic heterocycles. The number of nitrogens with zero attached hydrogens (tertiary/aromatic N) is 6. The van der Waals surface area contributed by atoms with E-state index in [1.54, 1.807) is 18.5 Å². The maximum absolute atomic E-state index is 10.1. The van der Waals surface area contributed by atoms with E-state index in [0.717, 1.165) is 47.9 Å². The summed E-state index contributed by atoms with van der Waals surface area (Å²) >= 11 is 0.944. The Labute approximate surface area is 211 Å². The fourth-order valence-electron chi connectivity index (χ4n) is 3.70. The smallest absolute Gasteiger partial charge is 0.163 e. The van der Waals surface area contributed by atoms with Gasteiger partial charge in [0.15, 0.2) is 11.0 Å². The van der Waals surface area contributed by atoms with Crippen LogP contribution in [-0.2, 0) is 4.74 Å². The molecule has 0 aromatic carbocycles. The third-order valence-corrected chi connectivity index (χ3v) is 6.05. The summed E-state index contributed by atoms with van der Waals surface area (Å²) in [6.07, 6.45) is 8.88. The van der Waals surface area contributed by atoms with Gasteiger partial charge < -0.3 is 26.5 Å². The lowest BCUT2D eigenvalue weighted by Gasteiger charge is -2.13. The number of pyridine rings is 2. The van der Waals surface area contributed by atoms with Crippen molar-refractivity contribution < 1.29 is 4.74 Å². The molecule has 0 saturated carbocycles. The van der Waals surface area contributed by atoms with Crippen LogP contribution in [-0.4, -0.2) is 64.1 Å². The van der Waals surface area contributed by atoms with Gasteiger partial charge in [-0.2, -0.15) is 0 Å². The molecule has 4 N–H and O–H groups in total. The highest BCUT2D eigenvalue weighted by Crippen LogP contribution is 2.21. The first-order valence-corrected chi connectivity index (χ1v) is 12.6. The average molecular weight is 494 g/mol. The lowest BCUT2D eigenvalue weighted by Crippen LogP contribution is -2.20. The van der Waals surface area contributed by atoms with E-state index >= 15 is 0 Å². The van der Waals surface area contributed by atoms with Crippen molar-refractivity contribution in [2.24, 2.45) is 21.5 Å². The normalized spacial score (nSPS) is 15.2. The van der Waals surface area contributed by atoms with Gasteiger partial charge in [-0.05, 0) is 64.0 Å². The van der Waals surface area contributed by atoms with E-state index in [4.69, 9.17) is 16.2 Å². The lowest BCUT2D eigenvalue weighted by atomic mass is 10.1. The fraction of sp³-hybridized carbons (Fsp3) is 0.400. The van der Waals surface area contributed by atoms with Crippen LogP contribution in [0.15, 0.2) is 52.9 Å². The first-order valence-electron chi connectivity index (χ1n) is 11.8. The van der Waals surface area contributed by atoms with Gasteiger partial charge in [0.2, 0.25) is 0 Å². The summed E-state index contributed by atoms with van der Waals surface area (Å²) < 4.78 is 5.24. The van der Waals surface area contributed by atoms with E-state index in [2.05, 4.69) is 31.4 Å². The fourth-order valence-corrected chi connectivity index (χ4v) is 4.31. The molecular formula is C25H33N8OS-. The van der Waals surface area contributed by atoms with E-state index in [1.807, 2.05) is 19.1 Å². The Hall–Kier alpha value is -3.24. The van der Waals surface area contributed by atoms with Gasteiger partial charge in [0, 0.05) is 42.7 Å². The van der Waals surface area contributed by atoms with Crippen LogP contribution in [0.4, 0.5) is 5.82 Å². The summed E-state index contributed by atoms with van der Waals surface area (Å²) in [6, 6.07) is 5.44. The number of allylic oxidation sites excluding steroid dienone is 2. The molecule has 186 valence electrons. The number of likely N-dealkylation sites (tertiary alicyclic amines) is 1. The van der Waals surface area contributed by atoms with Crippen LogP contribution < -0.4 is 11.5 Å². The van der Waals surface area contributed by atoms with Gasteiger partial charge in [0.05, 0.1) is 23.4 Å². The Kier molecular flexibility index (Phi) is 10.2. The topological polar surface area (TPSA) is 137 Å². The van der Waals surface area contributed by atoms with Crippen LogP contribution in [0.2, 0.25) is 0 Å². The Balaban J connectivity index is 1.63. The van der Waals surface area contributed by atoms with Gasteiger partial charge in [-0.25, -0.2) is 9.98 Å². The first-order chi connectivity index (χ1) is 17.0. The van der Waals surface area contributed by atoms with Gasteiger partial charge >= 0.3 is 0 Å². The van der Waals surface area contributed by atoms with Crippen molar-refractivity contribution in [3.05, 3.63) is 53.9 Å². The minimum Gasteiger partial charge on any atom is -0.801 e. The highest BCUT2D eigenvalue weighted by atomic mass is 32.2. The number of fused-ring (bicyclic) bond motifs is 1. The molecule has 3 rings (SSSR count). The van der Waals surface area contributed by atoms with Crippen molar-refractivity contribution in [2.75, 3.05) is 32.8 Å². The standard InChI is InChI=1S/C25H33N8OS/c1-3-34-18(2)13-23(27)35-25(28)32-24-8-7-21-22(31-24)14-19(17-30-21)20(15-26)16-29-9-6-12-33-10-4-5-11-33/h7-8,14-17H,2-6,9-13,26H2,1H3,(H2,28,31,32)/q-1. The average Bonchev–Trinajstić information content (AvgIpc) is 3.34. The number of ether oxygens (including phenoxy) is 1. The van der Waals surface area contributed by atoms with E-state index in [0.29, 0.717) is 23.7 Å². The van der Waals surface area contributed by atoms with Gasteiger partial charge in [-0.1, -0.05) is 18.3 Å². The highest BCUT2D eigenvalue weighted by molar-refractivity contribution is 8.26. The van der Waals surface area contributed by atoms with Crippen LogP contribution in [0.1, 0.15) is 38.2 Å². The Morgan fingerprint density at radius 1 is 1.31 bits per heavy atom. The van der Waals surface area contributed by atoms with Gasteiger partial charge in [-0.15, -0.1) is 5.04 Å². The summed E-state index contributed by atoms with van der Waals surface area (Å²) in [6.45, 7) is 10.3. The number of nitrogens with two attached hydrogens (primary N) is 2. The molecule has 1 aliphatic heterocycles. The molecule has 2 aromatic rings. The van der Waals surface area contributed by atoms with Crippen molar-refractivity contribution in [3.63, 3.8) is 0 Å². The van der Waals surface area contributed by atoms with E-state index in [-0.39, 0.29) is 16.6 Å². The van der Waals surface area contributed by atoms with Crippen LogP contribution in [0, 0.1) is 0 Å². The molecule has 0 spiro atoms. The summed E-state index contributed by atoms with van der Waals surface area (Å²) in [7, 11) is 0. The number of hydrogen-bond donors (Lipinski definition) is 2. The predicted octanol–water partition coefficient (Wildman–Crippen LogP) is 4.07. The molecule has 0 amide bonds.